The Labute approximate surface area is 187 Å². The Hall–Kier alpha value is -2.60. The predicted molar refractivity (Wildman–Crippen MR) is 122 cm³/mol. The molecule has 4 rings (SSSR count). The molecule has 0 bridgehead atoms. The van der Waals surface area contributed by atoms with Crippen molar-refractivity contribution in [2.75, 3.05) is 6.61 Å². The van der Waals surface area contributed by atoms with Crippen molar-refractivity contribution < 1.29 is 19.4 Å². The predicted octanol–water partition coefficient (Wildman–Crippen LogP) is 5.52. The number of nitrogens with zero attached hydrogens (tertiary/aromatic N) is 1. The molecule has 5 nitrogen and oxygen atoms in total. The van der Waals surface area contributed by atoms with E-state index >= 15 is 0 Å². The van der Waals surface area contributed by atoms with Crippen molar-refractivity contribution in [3.8, 4) is 5.75 Å². The molecule has 0 spiro atoms. The summed E-state index contributed by atoms with van der Waals surface area (Å²) in [6.07, 6.45) is 5.07. The van der Waals surface area contributed by atoms with Crippen LogP contribution >= 0.6 is 11.3 Å². The topological polar surface area (TPSA) is 66.8 Å². The molecular weight excluding hydrogens is 410 g/mol. The molecule has 1 aliphatic carbocycles. The van der Waals surface area contributed by atoms with E-state index < -0.39 is 17.7 Å². The van der Waals surface area contributed by atoms with Gasteiger partial charge in [-0.15, -0.1) is 11.3 Å². The number of aryl methyl sites for hydroxylation is 2. The van der Waals surface area contributed by atoms with Gasteiger partial charge in [0.1, 0.15) is 17.6 Å². The number of benzene rings is 1. The normalized spacial score (nSPS) is 21.6. The number of Topliss-reactive ketones (excluding diaryl/α,β-unsaturated/α-hetero) is 1. The van der Waals surface area contributed by atoms with Gasteiger partial charge >= 0.3 is 0 Å². The lowest BCUT2D eigenvalue weighted by Gasteiger charge is -2.35. The van der Waals surface area contributed by atoms with Crippen molar-refractivity contribution >= 4 is 28.8 Å². The number of carbonyl (C=O) groups is 2. The molecule has 1 amide bonds. The maximum atomic E-state index is 13.2. The molecule has 2 aliphatic rings. The van der Waals surface area contributed by atoms with E-state index in [0.717, 1.165) is 53.9 Å². The zero-order valence-electron chi connectivity index (χ0n) is 18.3. The quantitative estimate of drug-likeness (QED) is 0.379. The highest BCUT2D eigenvalue weighted by Gasteiger charge is 2.49. The molecule has 2 aromatic rings. The van der Waals surface area contributed by atoms with E-state index in [0.29, 0.717) is 12.2 Å². The summed E-state index contributed by atoms with van der Waals surface area (Å²) in [6.45, 7) is 6.37. The number of hydrogen-bond donors (Lipinski definition) is 1. The molecule has 1 N–H and O–H groups in total. The Bertz CT molecular complexity index is 1030. The number of ketones is 1. The molecule has 1 aliphatic heterocycles. The molecule has 2 fully saturated rings. The van der Waals surface area contributed by atoms with Gasteiger partial charge in [0.2, 0.25) is 0 Å². The van der Waals surface area contributed by atoms with Crippen LogP contribution in [0.4, 0.5) is 0 Å². The summed E-state index contributed by atoms with van der Waals surface area (Å²) < 4.78 is 5.60. The lowest BCUT2D eigenvalue weighted by Crippen LogP contribution is -2.40. The minimum Gasteiger partial charge on any atom is -0.507 e. The highest BCUT2D eigenvalue weighted by Crippen LogP contribution is 2.45. The summed E-state index contributed by atoms with van der Waals surface area (Å²) in [4.78, 5) is 29.1. The summed E-state index contributed by atoms with van der Waals surface area (Å²) in [5.74, 6) is -0.450. The molecule has 2 heterocycles. The minimum absolute atomic E-state index is 0.0315. The van der Waals surface area contributed by atoms with E-state index in [2.05, 4.69) is 0 Å². The first-order valence-corrected chi connectivity index (χ1v) is 11.9. The van der Waals surface area contributed by atoms with Gasteiger partial charge < -0.3 is 14.7 Å². The minimum atomic E-state index is -0.590. The lowest BCUT2D eigenvalue weighted by molar-refractivity contribution is -0.141. The second kappa shape index (κ2) is 8.87. The highest BCUT2D eigenvalue weighted by atomic mass is 32.1. The number of ether oxygens (including phenoxy) is 1. The van der Waals surface area contributed by atoms with Gasteiger partial charge in [-0.25, -0.2) is 0 Å². The summed E-state index contributed by atoms with van der Waals surface area (Å²) in [6, 6.07) is 6.87. The van der Waals surface area contributed by atoms with Crippen molar-refractivity contribution in [2.24, 2.45) is 0 Å². The second-order valence-corrected chi connectivity index (χ2v) is 9.33. The van der Waals surface area contributed by atoms with Crippen LogP contribution in [0.2, 0.25) is 0 Å². The molecule has 164 valence electrons. The van der Waals surface area contributed by atoms with E-state index in [4.69, 9.17) is 4.74 Å². The van der Waals surface area contributed by atoms with Gasteiger partial charge in [0.05, 0.1) is 12.2 Å². The average molecular weight is 440 g/mol. The Kier molecular flexibility index (Phi) is 6.19. The molecule has 31 heavy (non-hydrogen) atoms. The van der Waals surface area contributed by atoms with Crippen LogP contribution in [-0.4, -0.2) is 34.3 Å². The molecule has 1 unspecified atom stereocenters. The van der Waals surface area contributed by atoms with E-state index in [9.17, 15) is 14.7 Å². The smallest absolute Gasteiger partial charge is 0.295 e. The largest absolute Gasteiger partial charge is 0.507 e. The van der Waals surface area contributed by atoms with Crippen molar-refractivity contribution in [3.05, 3.63) is 56.8 Å². The maximum Gasteiger partial charge on any atom is 0.295 e. The Morgan fingerprint density at radius 1 is 1.13 bits per heavy atom. The van der Waals surface area contributed by atoms with Crippen molar-refractivity contribution in [1.29, 1.82) is 0 Å². The molecule has 1 saturated carbocycles. The number of rotatable bonds is 5. The molecule has 1 atom stereocenters. The second-order valence-electron chi connectivity index (χ2n) is 8.38. The fourth-order valence-electron chi connectivity index (χ4n) is 4.78. The van der Waals surface area contributed by atoms with Crippen LogP contribution < -0.4 is 4.74 Å². The number of aliphatic hydroxyl groups is 1. The Morgan fingerprint density at radius 2 is 1.87 bits per heavy atom. The van der Waals surface area contributed by atoms with Gasteiger partial charge in [-0.05, 0) is 74.4 Å². The van der Waals surface area contributed by atoms with Crippen molar-refractivity contribution in [3.63, 3.8) is 0 Å². The zero-order valence-corrected chi connectivity index (χ0v) is 19.1. The molecule has 1 aromatic heterocycles. The van der Waals surface area contributed by atoms with Gasteiger partial charge in [-0.3, -0.25) is 9.59 Å². The monoisotopic (exact) mass is 439 g/mol. The van der Waals surface area contributed by atoms with Crippen LogP contribution in [0.15, 0.2) is 35.2 Å². The Balaban J connectivity index is 1.84. The van der Waals surface area contributed by atoms with Crippen LogP contribution in [0.3, 0.4) is 0 Å². The van der Waals surface area contributed by atoms with Crippen LogP contribution in [0, 0.1) is 13.8 Å². The number of carbonyl (C=O) groups excluding carboxylic acids is 2. The van der Waals surface area contributed by atoms with Gasteiger partial charge in [-0.1, -0.05) is 19.3 Å². The molecule has 6 heteroatoms. The van der Waals surface area contributed by atoms with E-state index in [1.807, 2.05) is 38.3 Å². The molecule has 1 saturated heterocycles. The van der Waals surface area contributed by atoms with Gasteiger partial charge in [0.25, 0.3) is 11.7 Å². The van der Waals surface area contributed by atoms with Crippen molar-refractivity contribution in [2.45, 2.75) is 65.0 Å². The summed E-state index contributed by atoms with van der Waals surface area (Å²) in [7, 11) is 0. The highest BCUT2D eigenvalue weighted by molar-refractivity contribution is 7.10. The van der Waals surface area contributed by atoms with Gasteiger partial charge in [0.15, 0.2) is 0 Å². The molecule has 0 radical (unpaired) electrons. The third-order valence-corrected chi connectivity index (χ3v) is 7.42. The molecular formula is C25H29NO4S. The average Bonchev–Trinajstić information content (AvgIpc) is 3.30. The summed E-state index contributed by atoms with van der Waals surface area (Å²) >= 11 is 1.54. The van der Waals surface area contributed by atoms with E-state index in [1.54, 1.807) is 17.0 Å². The van der Waals surface area contributed by atoms with E-state index in [-0.39, 0.29) is 17.4 Å². The maximum absolute atomic E-state index is 13.2. The third kappa shape index (κ3) is 3.89. The van der Waals surface area contributed by atoms with Crippen LogP contribution in [-0.2, 0) is 9.59 Å². The fourth-order valence-corrected chi connectivity index (χ4v) is 5.81. The fraction of sp³-hybridized carbons (Fsp3) is 0.440. The number of thiophene rings is 1. The number of hydrogen-bond acceptors (Lipinski definition) is 5. The number of aliphatic hydroxyl groups excluding tert-OH is 1. The van der Waals surface area contributed by atoms with E-state index in [1.165, 1.54) is 11.3 Å². The SMILES string of the molecule is CCOc1ccc(/C(O)=C2/C(=O)C(=O)N(C3CCCCC3)C2c2sccc2C)cc1C. The number of amides is 1. The first-order chi connectivity index (χ1) is 14.9. The molecule has 1 aromatic carbocycles. The first-order valence-electron chi connectivity index (χ1n) is 11.0. The first kappa shape index (κ1) is 21.6. The summed E-state index contributed by atoms with van der Waals surface area (Å²) in [5, 5.41) is 13.3. The van der Waals surface area contributed by atoms with Crippen LogP contribution in [0.5, 0.6) is 5.75 Å². The Morgan fingerprint density at radius 3 is 2.48 bits per heavy atom. The van der Waals surface area contributed by atoms with Gasteiger partial charge in [0, 0.05) is 16.5 Å². The third-order valence-electron chi connectivity index (χ3n) is 6.35. The lowest BCUT2D eigenvalue weighted by atomic mass is 9.92. The zero-order chi connectivity index (χ0) is 22.1. The van der Waals surface area contributed by atoms with Crippen LogP contribution in [0.25, 0.3) is 5.76 Å². The summed E-state index contributed by atoms with van der Waals surface area (Å²) in [5.41, 5.74) is 2.63. The number of likely N-dealkylation sites (tertiary alicyclic amines) is 1. The standard InChI is InChI=1S/C25H29NO4S/c1-4-30-19-11-10-17(14-16(19)3)22(27)20-21(24-15(2)12-13-31-24)26(25(29)23(20)28)18-8-6-5-7-9-18/h10-14,18,21,27H,4-9H2,1-3H3/b22-20-. The van der Waals surface area contributed by atoms with Gasteiger partial charge in [-0.2, -0.15) is 0 Å². The van der Waals surface area contributed by atoms with Crippen molar-refractivity contribution in [1.82, 2.24) is 4.90 Å². The van der Waals surface area contributed by atoms with Crippen LogP contribution in [0.1, 0.15) is 66.6 Å².